The van der Waals surface area contributed by atoms with E-state index >= 15 is 0 Å². The van der Waals surface area contributed by atoms with E-state index in [0.29, 0.717) is 18.0 Å². The van der Waals surface area contributed by atoms with Crippen LogP contribution in [-0.4, -0.2) is 22.0 Å². The molecule has 0 radical (unpaired) electrons. The summed E-state index contributed by atoms with van der Waals surface area (Å²) in [6, 6.07) is 14.2. The molecule has 25 heavy (non-hydrogen) atoms. The lowest BCUT2D eigenvalue weighted by Gasteiger charge is -2.08. The van der Waals surface area contributed by atoms with Crippen LogP contribution in [-0.2, 0) is 6.54 Å². The van der Waals surface area contributed by atoms with Gasteiger partial charge < -0.3 is 14.8 Å². The van der Waals surface area contributed by atoms with Gasteiger partial charge in [-0.05, 0) is 22.8 Å². The molecule has 0 bridgehead atoms. The Morgan fingerprint density at radius 1 is 1.12 bits per heavy atom. The monoisotopic (exact) mass is 336 g/mol. The Morgan fingerprint density at radius 2 is 1.84 bits per heavy atom. The van der Waals surface area contributed by atoms with E-state index in [1.54, 1.807) is 31.2 Å². The lowest BCUT2D eigenvalue weighted by molar-refractivity contribution is 0.0697. The van der Waals surface area contributed by atoms with Crippen molar-refractivity contribution >= 4 is 11.9 Å². The molecule has 3 aromatic rings. The SMILES string of the molecule is Cc1nc(C(=O)NCc2ccc(-c3ccccc3C(=O)O)cc2)co1. The Kier molecular flexibility index (Phi) is 4.61. The van der Waals surface area contributed by atoms with E-state index in [1.165, 1.54) is 6.26 Å². The topological polar surface area (TPSA) is 92.4 Å². The average molecular weight is 336 g/mol. The van der Waals surface area contributed by atoms with Crippen LogP contribution in [0.1, 0.15) is 32.3 Å². The first-order chi connectivity index (χ1) is 12.0. The molecule has 2 N–H and O–H groups in total. The second kappa shape index (κ2) is 7.00. The van der Waals surface area contributed by atoms with Gasteiger partial charge in [-0.25, -0.2) is 9.78 Å². The van der Waals surface area contributed by atoms with E-state index in [2.05, 4.69) is 10.3 Å². The molecule has 0 aliphatic rings. The van der Waals surface area contributed by atoms with Gasteiger partial charge >= 0.3 is 5.97 Å². The Hall–Kier alpha value is -3.41. The Labute approximate surface area is 144 Å². The van der Waals surface area contributed by atoms with Crippen molar-refractivity contribution in [3.63, 3.8) is 0 Å². The van der Waals surface area contributed by atoms with E-state index in [0.717, 1.165) is 11.1 Å². The van der Waals surface area contributed by atoms with Crippen molar-refractivity contribution in [1.82, 2.24) is 10.3 Å². The van der Waals surface area contributed by atoms with Gasteiger partial charge in [0.1, 0.15) is 6.26 Å². The minimum atomic E-state index is -0.963. The van der Waals surface area contributed by atoms with Crippen molar-refractivity contribution in [3.05, 3.63) is 77.5 Å². The van der Waals surface area contributed by atoms with Gasteiger partial charge in [-0.15, -0.1) is 0 Å². The molecule has 6 nitrogen and oxygen atoms in total. The van der Waals surface area contributed by atoms with Crippen LogP contribution in [0.4, 0.5) is 0 Å². The van der Waals surface area contributed by atoms with Crippen LogP contribution in [0.15, 0.2) is 59.2 Å². The van der Waals surface area contributed by atoms with Gasteiger partial charge in [-0.1, -0.05) is 42.5 Å². The summed E-state index contributed by atoms with van der Waals surface area (Å²) in [4.78, 5) is 27.2. The van der Waals surface area contributed by atoms with Crippen LogP contribution >= 0.6 is 0 Å². The molecule has 0 aliphatic carbocycles. The second-order valence-electron chi connectivity index (χ2n) is 5.48. The summed E-state index contributed by atoms with van der Waals surface area (Å²) in [6.07, 6.45) is 1.32. The highest BCUT2D eigenvalue weighted by atomic mass is 16.4. The van der Waals surface area contributed by atoms with E-state index in [9.17, 15) is 14.7 Å². The Balaban J connectivity index is 1.71. The maximum absolute atomic E-state index is 11.9. The fourth-order valence-corrected chi connectivity index (χ4v) is 2.46. The largest absolute Gasteiger partial charge is 0.478 e. The smallest absolute Gasteiger partial charge is 0.336 e. The minimum absolute atomic E-state index is 0.240. The first-order valence-electron chi connectivity index (χ1n) is 7.66. The number of carboxylic acid groups (broad SMARTS) is 1. The van der Waals surface area contributed by atoms with Crippen LogP contribution < -0.4 is 5.32 Å². The van der Waals surface area contributed by atoms with Crippen molar-refractivity contribution in [3.8, 4) is 11.1 Å². The predicted octanol–water partition coefficient (Wildman–Crippen LogP) is 3.28. The Bertz CT molecular complexity index is 913. The number of oxazole rings is 1. The zero-order valence-electron chi connectivity index (χ0n) is 13.5. The number of aromatic nitrogens is 1. The van der Waals surface area contributed by atoms with E-state index < -0.39 is 5.97 Å². The third kappa shape index (κ3) is 3.74. The highest BCUT2D eigenvalue weighted by Gasteiger charge is 2.12. The summed E-state index contributed by atoms with van der Waals surface area (Å²) in [6.45, 7) is 2.01. The Morgan fingerprint density at radius 3 is 2.48 bits per heavy atom. The van der Waals surface area contributed by atoms with Crippen molar-refractivity contribution in [2.24, 2.45) is 0 Å². The van der Waals surface area contributed by atoms with Crippen molar-refractivity contribution in [1.29, 1.82) is 0 Å². The molecule has 0 saturated carbocycles. The maximum Gasteiger partial charge on any atom is 0.336 e. The first kappa shape index (κ1) is 16.4. The number of aromatic carboxylic acids is 1. The molecule has 6 heteroatoms. The molecular weight excluding hydrogens is 320 g/mol. The zero-order chi connectivity index (χ0) is 17.8. The van der Waals surface area contributed by atoms with Gasteiger partial charge in [0.2, 0.25) is 0 Å². The second-order valence-corrected chi connectivity index (χ2v) is 5.48. The molecule has 1 amide bonds. The quantitative estimate of drug-likeness (QED) is 0.746. The van der Waals surface area contributed by atoms with E-state index in [-0.39, 0.29) is 17.2 Å². The number of benzene rings is 2. The molecule has 3 rings (SSSR count). The standard InChI is InChI=1S/C19H16N2O4/c1-12-21-17(11-25-12)18(22)20-10-13-6-8-14(9-7-13)15-4-2-3-5-16(15)19(23)24/h2-9,11H,10H2,1H3,(H,20,22)(H,23,24). The molecule has 0 spiro atoms. The van der Waals surface area contributed by atoms with E-state index in [4.69, 9.17) is 4.42 Å². The van der Waals surface area contributed by atoms with Crippen LogP contribution in [0.25, 0.3) is 11.1 Å². The van der Waals surface area contributed by atoms with Crippen LogP contribution in [0.3, 0.4) is 0 Å². The summed E-state index contributed by atoms with van der Waals surface area (Å²) < 4.78 is 5.01. The fourth-order valence-electron chi connectivity index (χ4n) is 2.46. The summed E-state index contributed by atoms with van der Waals surface area (Å²) in [5.41, 5.74) is 2.85. The average Bonchev–Trinajstić information content (AvgIpc) is 3.06. The number of amides is 1. The highest BCUT2D eigenvalue weighted by Crippen LogP contribution is 2.24. The number of hydrogen-bond acceptors (Lipinski definition) is 4. The number of carboxylic acids is 1. The van der Waals surface area contributed by atoms with Crippen LogP contribution in [0.5, 0.6) is 0 Å². The maximum atomic E-state index is 11.9. The lowest BCUT2D eigenvalue weighted by atomic mass is 9.99. The predicted molar refractivity (Wildman–Crippen MR) is 91.2 cm³/mol. The molecule has 1 heterocycles. The molecule has 0 fully saturated rings. The molecule has 2 aromatic carbocycles. The molecule has 0 saturated heterocycles. The van der Waals surface area contributed by atoms with Crippen molar-refractivity contribution in [2.75, 3.05) is 0 Å². The number of nitrogens with one attached hydrogen (secondary N) is 1. The van der Waals surface area contributed by atoms with Gasteiger partial charge in [-0.2, -0.15) is 0 Å². The van der Waals surface area contributed by atoms with Gasteiger partial charge in [0.25, 0.3) is 5.91 Å². The van der Waals surface area contributed by atoms with Gasteiger partial charge in [0, 0.05) is 13.5 Å². The summed E-state index contributed by atoms with van der Waals surface area (Å²) in [5, 5.41) is 12.0. The summed E-state index contributed by atoms with van der Waals surface area (Å²) >= 11 is 0. The van der Waals surface area contributed by atoms with Crippen LogP contribution in [0, 0.1) is 6.92 Å². The molecule has 0 aliphatic heterocycles. The molecule has 126 valence electrons. The third-order valence-electron chi connectivity index (χ3n) is 3.73. The number of aryl methyl sites for hydroxylation is 1. The molecule has 1 aromatic heterocycles. The molecular formula is C19H16N2O4. The number of nitrogens with zero attached hydrogens (tertiary/aromatic N) is 1. The summed E-state index contributed by atoms with van der Waals surface area (Å²) in [7, 11) is 0. The van der Waals surface area contributed by atoms with E-state index in [1.807, 2.05) is 24.3 Å². The van der Waals surface area contributed by atoms with Gasteiger partial charge in [0.05, 0.1) is 5.56 Å². The number of hydrogen-bond donors (Lipinski definition) is 2. The molecule has 0 unspecified atom stereocenters. The van der Waals surface area contributed by atoms with Crippen molar-refractivity contribution in [2.45, 2.75) is 13.5 Å². The number of rotatable bonds is 5. The van der Waals surface area contributed by atoms with Gasteiger partial charge in [0.15, 0.2) is 11.6 Å². The molecule has 0 atom stereocenters. The normalized spacial score (nSPS) is 10.4. The minimum Gasteiger partial charge on any atom is -0.478 e. The lowest BCUT2D eigenvalue weighted by Crippen LogP contribution is -2.23. The number of carbonyl (C=O) groups is 2. The van der Waals surface area contributed by atoms with Crippen molar-refractivity contribution < 1.29 is 19.1 Å². The fraction of sp³-hybridized carbons (Fsp3) is 0.105. The van der Waals surface area contributed by atoms with Gasteiger partial charge in [-0.3, -0.25) is 4.79 Å². The summed E-state index contributed by atoms with van der Waals surface area (Å²) in [5.74, 6) is -0.835. The third-order valence-corrected chi connectivity index (χ3v) is 3.73. The van der Waals surface area contributed by atoms with Crippen LogP contribution in [0.2, 0.25) is 0 Å². The first-order valence-corrected chi connectivity index (χ1v) is 7.66. The zero-order valence-corrected chi connectivity index (χ0v) is 13.5. The highest BCUT2D eigenvalue weighted by molar-refractivity contribution is 5.96. The number of carbonyl (C=O) groups excluding carboxylic acids is 1.